The van der Waals surface area contributed by atoms with E-state index in [1.165, 1.54) is 4.90 Å². The number of amides is 3. The van der Waals surface area contributed by atoms with E-state index in [-0.39, 0.29) is 18.5 Å². The first-order valence-electron chi connectivity index (χ1n) is 6.16. The highest BCUT2D eigenvalue weighted by Gasteiger charge is 2.54. The van der Waals surface area contributed by atoms with Gasteiger partial charge in [0.05, 0.1) is 6.61 Å². The highest BCUT2D eigenvalue weighted by atomic mass is 16.5. The van der Waals surface area contributed by atoms with Crippen molar-refractivity contribution in [2.75, 3.05) is 13.2 Å². The molecule has 2 heterocycles. The average molecular weight is 258 g/mol. The summed E-state index contributed by atoms with van der Waals surface area (Å²) in [5.74, 6) is 0.427. The number of benzene rings is 1. The summed E-state index contributed by atoms with van der Waals surface area (Å²) < 4.78 is 5.55. The van der Waals surface area contributed by atoms with Gasteiger partial charge >= 0.3 is 6.03 Å². The molecule has 0 bridgehead atoms. The van der Waals surface area contributed by atoms with Crippen LogP contribution < -0.4 is 10.1 Å². The normalized spacial score (nSPS) is 24.9. The molecule has 1 aromatic carbocycles. The Kier molecular flexibility index (Phi) is 2.55. The highest BCUT2D eigenvalue weighted by Crippen LogP contribution is 2.40. The summed E-state index contributed by atoms with van der Waals surface area (Å²) in [6.45, 7) is 4.20. The molecular weight excluding hydrogens is 244 g/mol. The number of carbonyl (C=O) groups excluding carboxylic acids is 2. The van der Waals surface area contributed by atoms with E-state index in [2.05, 4.69) is 11.9 Å². The molecule has 1 N–H and O–H groups in total. The third-order valence-electron chi connectivity index (χ3n) is 3.57. The first-order valence-corrected chi connectivity index (χ1v) is 6.16. The maximum Gasteiger partial charge on any atom is 0.325 e. The molecule has 3 amide bonds. The van der Waals surface area contributed by atoms with E-state index in [1.807, 2.05) is 24.3 Å². The summed E-state index contributed by atoms with van der Waals surface area (Å²) in [6, 6.07) is 6.95. The van der Waals surface area contributed by atoms with Gasteiger partial charge in [0, 0.05) is 18.5 Å². The van der Waals surface area contributed by atoms with Gasteiger partial charge in [-0.3, -0.25) is 9.69 Å². The van der Waals surface area contributed by atoms with E-state index < -0.39 is 5.54 Å². The van der Waals surface area contributed by atoms with Crippen LogP contribution in [-0.2, 0) is 10.3 Å². The second-order valence-electron chi connectivity index (χ2n) is 4.63. The summed E-state index contributed by atoms with van der Waals surface area (Å²) >= 11 is 0. The molecule has 1 aromatic rings. The smallest absolute Gasteiger partial charge is 0.325 e. The Hall–Kier alpha value is -2.30. The molecule has 2 aliphatic heterocycles. The van der Waals surface area contributed by atoms with E-state index in [9.17, 15) is 9.59 Å². The fraction of sp³-hybridized carbons (Fsp3) is 0.286. The van der Waals surface area contributed by atoms with E-state index in [0.29, 0.717) is 18.8 Å². The van der Waals surface area contributed by atoms with Crippen LogP contribution in [0.2, 0.25) is 0 Å². The Morgan fingerprint density at radius 1 is 1.42 bits per heavy atom. The van der Waals surface area contributed by atoms with E-state index in [1.54, 1.807) is 6.08 Å². The molecule has 1 spiro atoms. The van der Waals surface area contributed by atoms with Gasteiger partial charge < -0.3 is 10.1 Å². The molecule has 0 radical (unpaired) electrons. The molecule has 1 unspecified atom stereocenters. The number of nitrogens with one attached hydrogen (secondary N) is 1. The van der Waals surface area contributed by atoms with Crippen molar-refractivity contribution in [2.45, 2.75) is 12.0 Å². The number of imide groups is 1. The molecule has 1 saturated heterocycles. The fourth-order valence-corrected chi connectivity index (χ4v) is 2.67. The predicted molar refractivity (Wildman–Crippen MR) is 68.7 cm³/mol. The number of nitrogens with zero attached hydrogens (tertiary/aromatic N) is 1. The fourth-order valence-electron chi connectivity index (χ4n) is 2.67. The van der Waals surface area contributed by atoms with Gasteiger partial charge in [-0.2, -0.15) is 0 Å². The lowest BCUT2D eigenvalue weighted by Gasteiger charge is -2.33. The lowest BCUT2D eigenvalue weighted by Crippen LogP contribution is -2.47. The number of hydrogen-bond donors (Lipinski definition) is 1. The van der Waals surface area contributed by atoms with Crippen LogP contribution in [0.3, 0.4) is 0 Å². The van der Waals surface area contributed by atoms with Crippen molar-refractivity contribution in [3.8, 4) is 5.75 Å². The van der Waals surface area contributed by atoms with Crippen molar-refractivity contribution in [3.05, 3.63) is 42.5 Å². The second kappa shape index (κ2) is 4.12. The zero-order chi connectivity index (χ0) is 13.5. The number of rotatable bonds is 2. The standard InChI is InChI=1S/C14H14N2O3/c1-2-8-16-12(17)14(15-13(16)18)7-9-19-11-6-4-3-5-10(11)14/h2-6H,1,7-9H2,(H,15,18). The minimum atomic E-state index is -0.977. The average Bonchev–Trinajstić information content (AvgIpc) is 2.65. The second-order valence-corrected chi connectivity index (χ2v) is 4.63. The summed E-state index contributed by atoms with van der Waals surface area (Å²) in [6.07, 6.45) is 1.99. The third kappa shape index (κ3) is 1.54. The maximum absolute atomic E-state index is 12.6. The summed E-state index contributed by atoms with van der Waals surface area (Å²) in [5, 5.41) is 2.82. The van der Waals surface area contributed by atoms with Gasteiger partial charge in [-0.05, 0) is 6.07 Å². The van der Waals surface area contributed by atoms with Crippen LogP contribution in [0.15, 0.2) is 36.9 Å². The Morgan fingerprint density at radius 3 is 3.00 bits per heavy atom. The lowest BCUT2D eigenvalue weighted by atomic mass is 9.84. The maximum atomic E-state index is 12.6. The van der Waals surface area contributed by atoms with Crippen LogP contribution in [0.1, 0.15) is 12.0 Å². The van der Waals surface area contributed by atoms with E-state index in [0.717, 1.165) is 5.56 Å². The number of urea groups is 1. The van der Waals surface area contributed by atoms with Crippen LogP contribution >= 0.6 is 0 Å². The van der Waals surface area contributed by atoms with Crippen molar-refractivity contribution in [3.63, 3.8) is 0 Å². The van der Waals surface area contributed by atoms with Gasteiger partial charge in [0.2, 0.25) is 0 Å². The van der Waals surface area contributed by atoms with Crippen molar-refractivity contribution >= 4 is 11.9 Å². The number of para-hydroxylation sites is 1. The predicted octanol–water partition coefficient (Wildman–Crippen LogP) is 1.40. The molecule has 2 aliphatic rings. The van der Waals surface area contributed by atoms with Gasteiger partial charge in [-0.25, -0.2) is 4.79 Å². The van der Waals surface area contributed by atoms with Crippen LogP contribution in [0.25, 0.3) is 0 Å². The molecule has 3 rings (SSSR count). The van der Waals surface area contributed by atoms with Crippen LogP contribution in [0, 0.1) is 0 Å². The monoisotopic (exact) mass is 258 g/mol. The highest BCUT2D eigenvalue weighted by molar-refractivity contribution is 6.08. The van der Waals surface area contributed by atoms with Crippen LogP contribution in [-0.4, -0.2) is 30.0 Å². The molecule has 5 heteroatoms. The first-order chi connectivity index (χ1) is 9.19. The van der Waals surface area contributed by atoms with Crippen LogP contribution in [0.4, 0.5) is 4.79 Å². The minimum absolute atomic E-state index is 0.218. The van der Waals surface area contributed by atoms with Gasteiger partial charge in [0.15, 0.2) is 5.54 Å². The first kappa shape index (κ1) is 11.8. The molecule has 0 saturated carbocycles. The number of ether oxygens (including phenoxy) is 1. The van der Waals surface area contributed by atoms with Gasteiger partial charge in [-0.15, -0.1) is 6.58 Å². The van der Waals surface area contributed by atoms with Gasteiger partial charge in [0.25, 0.3) is 5.91 Å². The Morgan fingerprint density at radius 2 is 2.21 bits per heavy atom. The van der Waals surface area contributed by atoms with Gasteiger partial charge in [-0.1, -0.05) is 24.3 Å². The quantitative estimate of drug-likeness (QED) is 0.644. The molecule has 1 atom stereocenters. The summed E-state index contributed by atoms with van der Waals surface area (Å²) in [7, 11) is 0. The topological polar surface area (TPSA) is 58.6 Å². The summed E-state index contributed by atoms with van der Waals surface area (Å²) in [5.41, 5.74) is -0.249. The summed E-state index contributed by atoms with van der Waals surface area (Å²) in [4.78, 5) is 25.7. The van der Waals surface area contributed by atoms with E-state index >= 15 is 0 Å². The number of fused-ring (bicyclic) bond motifs is 2. The van der Waals surface area contributed by atoms with Crippen molar-refractivity contribution < 1.29 is 14.3 Å². The van der Waals surface area contributed by atoms with Gasteiger partial charge in [0.1, 0.15) is 5.75 Å². The lowest BCUT2D eigenvalue weighted by molar-refractivity contribution is -0.132. The Balaban J connectivity index is 2.09. The zero-order valence-electron chi connectivity index (χ0n) is 10.4. The SMILES string of the molecule is C=CCN1C(=O)NC2(CCOc3ccccc32)C1=O. The molecule has 98 valence electrons. The molecular formula is C14H14N2O3. The van der Waals surface area contributed by atoms with Crippen LogP contribution in [0.5, 0.6) is 5.75 Å². The van der Waals surface area contributed by atoms with Crippen molar-refractivity contribution in [1.82, 2.24) is 10.2 Å². The molecule has 1 fully saturated rings. The Labute approximate surface area is 110 Å². The third-order valence-corrected chi connectivity index (χ3v) is 3.57. The largest absolute Gasteiger partial charge is 0.493 e. The minimum Gasteiger partial charge on any atom is -0.493 e. The molecule has 0 aliphatic carbocycles. The number of carbonyl (C=O) groups is 2. The van der Waals surface area contributed by atoms with E-state index in [4.69, 9.17) is 4.74 Å². The zero-order valence-corrected chi connectivity index (χ0v) is 10.4. The van der Waals surface area contributed by atoms with Crippen molar-refractivity contribution in [2.24, 2.45) is 0 Å². The molecule has 19 heavy (non-hydrogen) atoms. The molecule has 0 aromatic heterocycles. The molecule has 5 nitrogen and oxygen atoms in total. The Bertz CT molecular complexity index is 570. The van der Waals surface area contributed by atoms with Crippen molar-refractivity contribution in [1.29, 1.82) is 0 Å². The number of hydrogen-bond acceptors (Lipinski definition) is 3.